The van der Waals surface area contributed by atoms with Crippen LogP contribution in [0.15, 0.2) is 47.5 Å². The first kappa shape index (κ1) is 15.1. The Labute approximate surface area is 136 Å². The number of rotatable bonds is 3. The Kier molecular flexibility index (Phi) is 4.76. The fourth-order valence-electron chi connectivity index (χ4n) is 2.52. The van der Waals surface area contributed by atoms with Gasteiger partial charge >= 0.3 is 0 Å². The van der Waals surface area contributed by atoms with Crippen molar-refractivity contribution >= 4 is 29.2 Å². The first-order valence-electron chi connectivity index (χ1n) is 7.46. The third-order valence-corrected chi connectivity index (χ3v) is 4.14. The summed E-state index contributed by atoms with van der Waals surface area (Å²) >= 11 is 6.12. The molecule has 2 aromatic rings. The Balaban J connectivity index is 1.79. The molecule has 4 heteroatoms. The van der Waals surface area contributed by atoms with Crippen molar-refractivity contribution in [3.05, 3.63) is 58.6 Å². The predicted molar refractivity (Wildman–Crippen MR) is 92.9 cm³/mol. The second-order valence-corrected chi connectivity index (χ2v) is 5.76. The zero-order valence-electron chi connectivity index (χ0n) is 12.6. The summed E-state index contributed by atoms with van der Waals surface area (Å²) in [5.41, 5.74) is 4.35. The second-order valence-electron chi connectivity index (χ2n) is 5.35. The number of morpholine rings is 1. The number of halogens is 1. The quantitative estimate of drug-likeness (QED) is 0.792. The monoisotopic (exact) mass is 314 g/mol. The number of hydrogen-bond donors (Lipinski definition) is 0. The van der Waals surface area contributed by atoms with Gasteiger partial charge in [-0.3, -0.25) is 4.99 Å². The minimum Gasteiger partial charge on any atom is -0.378 e. The van der Waals surface area contributed by atoms with Gasteiger partial charge in [0.2, 0.25) is 0 Å². The lowest BCUT2D eigenvalue weighted by molar-refractivity contribution is 0.122. The summed E-state index contributed by atoms with van der Waals surface area (Å²) < 4.78 is 5.40. The van der Waals surface area contributed by atoms with Gasteiger partial charge in [0, 0.05) is 25.0 Å². The summed E-state index contributed by atoms with van der Waals surface area (Å²) in [7, 11) is 0. The van der Waals surface area contributed by atoms with Crippen LogP contribution in [0, 0.1) is 6.92 Å². The predicted octanol–water partition coefficient (Wildman–Crippen LogP) is 4.24. The summed E-state index contributed by atoms with van der Waals surface area (Å²) in [6, 6.07) is 14.1. The number of ether oxygens (including phenoxy) is 1. The maximum atomic E-state index is 6.12. The van der Waals surface area contributed by atoms with Gasteiger partial charge in [0.1, 0.15) is 0 Å². The molecule has 1 saturated heterocycles. The molecule has 0 amide bonds. The van der Waals surface area contributed by atoms with Gasteiger partial charge in [0.05, 0.1) is 23.9 Å². The highest BCUT2D eigenvalue weighted by molar-refractivity contribution is 6.33. The van der Waals surface area contributed by atoms with Crippen LogP contribution >= 0.6 is 11.6 Å². The molecule has 0 saturated carbocycles. The van der Waals surface area contributed by atoms with Crippen molar-refractivity contribution in [3.8, 4) is 0 Å². The van der Waals surface area contributed by atoms with Crippen molar-refractivity contribution in [2.75, 3.05) is 31.2 Å². The van der Waals surface area contributed by atoms with Crippen molar-refractivity contribution in [2.45, 2.75) is 6.92 Å². The second kappa shape index (κ2) is 6.95. The highest BCUT2D eigenvalue weighted by Gasteiger charge is 2.11. The number of anilines is 1. The molecule has 1 heterocycles. The first-order valence-corrected chi connectivity index (χ1v) is 7.84. The zero-order valence-corrected chi connectivity index (χ0v) is 13.4. The van der Waals surface area contributed by atoms with Crippen molar-refractivity contribution in [1.29, 1.82) is 0 Å². The summed E-state index contributed by atoms with van der Waals surface area (Å²) in [5.74, 6) is 0. The Bertz CT molecular complexity index is 679. The third kappa shape index (κ3) is 3.49. The van der Waals surface area contributed by atoms with Gasteiger partial charge in [-0.25, -0.2) is 0 Å². The van der Waals surface area contributed by atoms with E-state index in [1.165, 1.54) is 11.3 Å². The molecule has 3 nitrogen and oxygen atoms in total. The summed E-state index contributed by atoms with van der Waals surface area (Å²) in [6.45, 7) is 5.61. The van der Waals surface area contributed by atoms with Crippen LogP contribution in [0.5, 0.6) is 0 Å². The Morgan fingerprint density at radius 2 is 1.91 bits per heavy atom. The fraction of sp³-hybridized carbons (Fsp3) is 0.278. The van der Waals surface area contributed by atoms with Crippen LogP contribution in [0.3, 0.4) is 0 Å². The Hall–Kier alpha value is -1.84. The molecule has 0 N–H and O–H groups in total. The standard InChI is InChI=1S/C18H19ClN2O/c1-14-12-16(21-8-10-22-11-9-21)7-6-15(14)13-20-18-5-3-2-4-17(18)19/h2-7,12-13H,8-11H2,1H3. The van der Waals surface area contributed by atoms with E-state index in [0.717, 1.165) is 37.6 Å². The van der Waals surface area contributed by atoms with Crippen LogP contribution < -0.4 is 4.90 Å². The summed E-state index contributed by atoms with van der Waals surface area (Å²) in [6.07, 6.45) is 1.87. The van der Waals surface area contributed by atoms with E-state index in [-0.39, 0.29) is 0 Å². The highest BCUT2D eigenvalue weighted by Crippen LogP contribution is 2.24. The normalized spacial score (nSPS) is 15.5. The van der Waals surface area contributed by atoms with E-state index in [1.807, 2.05) is 30.5 Å². The van der Waals surface area contributed by atoms with Crippen LogP contribution in [0.2, 0.25) is 5.02 Å². The lowest BCUT2D eigenvalue weighted by atomic mass is 10.1. The van der Waals surface area contributed by atoms with Gasteiger partial charge in [-0.05, 0) is 42.3 Å². The van der Waals surface area contributed by atoms with Gasteiger partial charge in [0.15, 0.2) is 0 Å². The molecule has 0 unspecified atom stereocenters. The van der Waals surface area contributed by atoms with Crippen molar-refractivity contribution < 1.29 is 4.74 Å². The summed E-state index contributed by atoms with van der Waals surface area (Å²) in [4.78, 5) is 6.84. The van der Waals surface area contributed by atoms with E-state index >= 15 is 0 Å². The molecule has 0 radical (unpaired) electrons. The van der Waals surface area contributed by atoms with Crippen LogP contribution in [-0.2, 0) is 4.74 Å². The van der Waals surface area contributed by atoms with E-state index in [2.05, 4.69) is 35.0 Å². The van der Waals surface area contributed by atoms with E-state index in [0.29, 0.717) is 5.02 Å². The molecule has 114 valence electrons. The Morgan fingerprint density at radius 3 is 2.64 bits per heavy atom. The van der Waals surface area contributed by atoms with Crippen LogP contribution in [0.1, 0.15) is 11.1 Å². The molecule has 1 aliphatic heterocycles. The van der Waals surface area contributed by atoms with E-state index in [4.69, 9.17) is 16.3 Å². The van der Waals surface area contributed by atoms with Crippen molar-refractivity contribution in [3.63, 3.8) is 0 Å². The molecule has 0 bridgehead atoms. The molecule has 1 fully saturated rings. The number of para-hydroxylation sites is 1. The lowest BCUT2D eigenvalue weighted by Crippen LogP contribution is -2.36. The zero-order chi connectivity index (χ0) is 15.4. The minimum atomic E-state index is 0.668. The van der Waals surface area contributed by atoms with Gasteiger partial charge in [0.25, 0.3) is 0 Å². The molecule has 3 rings (SSSR count). The first-order chi connectivity index (χ1) is 10.7. The number of nitrogens with zero attached hydrogens (tertiary/aromatic N) is 2. The van der Waals surface area contributed by atoms with Crippen LogP contribution in [-0.4, -0.2) is 32.5 Å². The number of benzene rings is 2. The average Bonchev–Trinajstić information content (AvgIpc) is 2.56. The molecule has 1 aliphatic rings. The molecular weight excluding hydrogens is 296 g/mol. The smallest absolute Gasteiger partial charge is 0.0816 e. The third-order valence-electron chi connectivity index (χ3n) is 3.82. The topological polar surface area (TPSA) is 24.8 Å². The van der Waals surface area contributed by atoms with Crippen molar-refractivity contribution in [1.82, 2.24) is 0 Å². The van der Waals surface area contributed by atoms with E-state index in [1.54, 1.807) is 0 Å². The van der Waals surface area contributed by atoms with Crippen LogP contribution in [0.25, 0.3) is 0 Å². The molecule has 0 spiro atoms. The fourth-order valence-corrected chi connectivity index (χ4v) is 2.70. The maximum Gasteiger partial charge on any atom is 0.0816 e. The van der Waals surface area contributed by atoms with Crippen molar-refractivity contribution in [2.24, 2.45) is 4.99 Å². The molecule has 0 aliphatic carbocycles. The van der Waals surface area contributed by atoms with Gasteiger partial charge in [-0.15, -0.1) is 0 Å². The van der Waals surface area contributed by atoms with Gasteiger partial charge in [-0.1, -0.05) is 29.8 Å². The Morgan fingerprint density at radius 1 is 1.14 bits per heavy atom. The SMILES string of the molecule is Cc1cc(N2CCOCC2)ccc1C=Nc1ccccc1Cl. The molecular formula is C18H19ClN2O. The van der Waals surface area contributed by atoms with E-state index < -0.39 is 0 Å². The van der Waals surface area contributed by atoms with Crippen LogP contribution in [0.4, 0.5) is 11.4 Å². The largest absolute Gasteiger partial charge is 0.378 e. The number of hydrogen-bond acceptors (Lipinski definition) is 3. The highest BCUT2D eigenvalue weighted by atomic mass is 35.5. The van der Waals surface area contributed by atoms with Gasteiger partial charge in [-0.2, -0.15) is 0 Å². The molecule has 0 aromatic heterocycles. The average molecular weight is 315 g/mol. The number of aliphatic imine (C=N–C) groups is 1. The van der Waals surface area contributed by atoms with E-state index in [9.17, 15) is 0 Å². The minimum absolute atomic E-state index is 0.668. The number of aryl methyl sites for hydroxylation is 1. The molecule has 2 aromatic carbocycles. The van der Waals surface area contributed by atoms with Gasteiger partial charge < -0.3 is 9.64 Å². The maximum absolute atomic E-state index is 6.12. The summed E-state index contributed by atoms with van der Waals surface area (Å²) in [5, 5.41) is 0.668. The molecule has 22 heavy (non-hydrogen) atoms. The lowest BCUT2D eigenvalue weighted by Gasteiger charge is -2.29. The molecule has 0 atom stereocenters.